The number of halogens is 2. The van der Waals surface area contributed by atoms with Crippen molar-refractivity contribution in [2.45, 2.75) is 6.54 Å². The third-order valence-corrected chi connectivity index (χ3v) is 1.90. The SMILES string of the molecule is CNCc1cc(Cl)c(O)c(F)c1O. The summed E-state index contributed by atoms with van der Waals surface area (Å²) in [6.45, 7) is 0.281. The zero-order chi connectivity index (χ0) is 10.0. The molecule has 0 fully saturated rings. The minimum atomic E-state index is -1.09. The van der Waals surface area contributed by atoms with Crippen molar-refractivity contribution < 1.29 is 14.6 Å². The summed E-state index contributed by atoms with van der Waals surface area (Å²) < 4.78 is 13.0. The van der Waals surface area contributed by atoms with Crippen molar-refractivity contribution in [3.63, 3.8) is 0 Å². The maximum Gasteiger partial charge on any atom is 0.208 e. The third-order valence-electron chi connectivity index (χ3n) is 1.61. The molecule has 0 saturated carbocycles. The molecule has 0 aliphatic rings. The van der Waals surface area contributed by atoms with Crippen LogP contribution in [0.3, 0.4) is 0 Å². The Kier molecular flexibility index (Phi) is 2.95. The van der Waals surface area contributed by atoms with Gasteiger partial charge in [0, 0.05) is 12.1 Å². The van der Waals surface area contributed by atoms with Crippen LogP contribution in [0.5, 0.6) is 11.5 Å². The lowest BCUT2D eigenvalue weighted by Gasteiger charge is -2.07. The van der Waals surface area contributed by atoms with Crippen LogP contribution in [0.4, 0.5) is 4.39 Å². The second-order valence-electron chi connectivity index (χ2n) is 2.56. The Bertz CT molecular complexity index is 330. The highest BCUT2D eigenvalue weighted by Crippen LogP contribution is 2.35. The van der Waals surface area contributed by atoms with Crippen LogP contribution in [0.1, 0.15) is 5.56 Å². The fourth-order valence-corrected chi connectivity index (χ4v) is 1.19. The van der Waals surface area contributed by atoms with Gasteiger partial charge in [-0.05, 0) is 13.1 Å². The Labute approximate surface area is 79.8 Å². The topological polar surface area (TPSA) is 52.5 Å². The molecule has 1 aromatic rings. The second-order valence-corrected chi connectivity index (χ2v) is 2.97. The van der Waals surface area contributed by atoms with Crippen LogP contribution in [-0.2, 0) is 6.54 Å². The van der Waals surface area contributed by atoms with E-state index in [2.05, 4.69) is 5.32 Å². The van der Waals surface area contributed by atoms with E-state index >= 15 is 0 Å². The van der Waals surface area contributed by atoms with Gasteiger partial charge in [0.05, 0.1) is 5.02 Å². The number of nitrogens with one attached hydrogen (secondary N) is 1. The highest BCUT2D eigenvalue weighted by Gasteiger charge is 2.15. The first-order chi connectivity index (χ1) is 6.07. The molecule has 0 aliphatic carbocycles. The summed E-state index contributed by atoms with van der Waals surface area (Å²) in [4.78, 5) is 0. The van der Waals surface area contributed by atoms with E-state index in [4.69, 9.17) is 16.7 Å². The van der Waals surface area contributed by atoms with Gasteiger partial charge in [-0.3, -0.25) is 0 Å². The van der Waals surface area contributed by atoms with E-state index in [0.717, 1.165) is 0 Å². The van der Waals surface area contributed by atoms with Gasteiger partial charge in [-0.2, -0.15) is 4.39 Å². The Hall–Kier alpha value is -1.00. The molecule has 72 valence electrons. The normalized spacial score (nSPS) is 10.4. The molecule has 13 heavy (non-hydrogen) atoms. The summed E-state index contributed by atoms with van der Waals surface area (Å²) in [6, 6.07) is 1.31. The largest absolute Gasteiger partial charge is 0.504 e. The van der Waals surface area contributed by atoms with Gasteiger partial charge in [-0.15, -0.1) is 0 Å². The van der Waals surface area contributed by atoms with Crippen molar-refractivity contribution in [2.75, 3.05) is 7.05 Å². The Morgan fingerprint density at radius 3 is 2.62 bits per heavy atom. The number of phenolic OH excluding ortho intramolecular Hbond substituents is 2. The average molecular weight is 206 g/mol. The third kappa shape index (κ3) is 1.84. The zero-order valence-electron chi connectivity index (χ0n) is 6.93. The zero-order valence-corrected chi connectivity index (χ0v) is 7.69. The minimum absolute atomic E-state index is 0.111. The van der Waals surface area contributed by atoms with Gasteiger partial charge in [0.15, 0.2) is 11.5 Å². The molecule has 0 spiro atoms. The van der Waals surface area contributed by atoms with Gasteiger partial charge in [0.25, 0.3) is 0 Å². The van der Waals surface area contributed by atoms with E-state index in [1.54, 1.807) is 7.05 Å². The van der Waals surface area contributed by atoms with Gasteiger partial charge in [0.1, 0.15) is 0 Å². The molecule has 5 heteroatoms. The average Bonchev–Trinajstić information content (AvgIpc) is 2.11. The van der Waals surface area contributed by atoms with Gasteiger partial charge < -0.3 is 15.5 Å². The van der Waals surface area contributed by atoms with Crippen molar-refractivity contribution in [1.82, 2.24) is 5.32 Å². The summed E-state index contributed by atoms with van der Waals surface area (Å²) in [7, 11) is 1.65. The molecule has 3 nitrogen and oxygen atoms in total. The fourth-order valence-electron chi connectivity index (χ4n) is 0.973. The van der Waals surface area contributed by atoms with E-state index < -0.39 is 17.3 Å². The van der Waals surface area contributed by atoms with Crippen LogP contribution in [0.15, 0.2) is 6.07 Å². The summed E-state index contributed by atoms with van der Waals surface area (Å²) in [5.41, 5.74) is 0.308. The number of rotatable bonds is 2. The molecule has 0 unspecified atom stereocenters. The lowest BCUT2D eigenvalue weighted by atomic mass is 10.2. The van der Waals surface area contributed by atoms with E-state index in [9.17, 15) is 9.50 Å². The summed E-state index contributed by atoms with van der Waals surface area (Å²) in [5, 5.41) is 20.8. The predicted octanol–water partition coefficient (Wildman–Crippen LogP) is 1.61. The standard InChI is InChI=1S/C8H9ClFNO2/c1-11-3-4-2-5(9)8(13)6(10)7(4)12/h2,11-13H,3H2,1H3. The molecule has 0 radical (unpaired) electrons. The van der Waals surface area contributed by atoms with Crippen LogP contribution < -0.4 is 5.32 Å². The van der Waals surface area contributed by atoms with Crippen LogP contribution in [0.2, 0.25) is 5.02 Å². The monoisotopic (exact) mass is 205 g/mol. The molecule has 0 atom stereocenters. The highest BCUT2D eigenvalue weighted by atomic mass is 35.5. The molecule has 1 aromatic carbocycles. The smallest absolute Gasteiger partial charge is 0.208 e. The highest BCUT2D eigenvalue weighted by molar-refractivity contribution is 6.32. The number of hydrogen-bond donors (Lipinski definition) is 3. The van der Waals surface area contributed by atoms with Crippen molar-refractivity contribution in [2.24, 2.45) is 0 Å². The number of hydrogen-bond acceptors (Lipinski definition) is 3. The molecule has 0 heterocycles. The van der Waals surface area contributed by atoms with Crippen molar-refractivity contribution in [3.8, 4) is 11.5 Å². The molecule has 0 aliphatic heterocycles. The molecule has 0 bridgehead atoms. The molecule has 0 saturated heterocycles. The number of benzene rings is 1. The fraction of sp³-hybridized carbons (Fsp3) is 0.250. The van der Waals surface area contributed by atoms with E-state index in [1.165, 1.54) is 6.07 Å². The Morgan fingerprint density at radius 2 is 2.08 bits per heavy atom. The second kappa shape index (κ2) is 3.81. The number of phenols is 2. The van der Waals surface area contributed by atoms with Crippen LogP contribution in [0.25, 0.3) is 0 Å². The summed E-state index contributed by atoms with van der Waals surface area (Å²) >= 11 is 5.50. The molecular weight excluding hydrogens is 197 g/mol. The van der Waals surface area contributed by atoms with Gasteiger partial charge in [-0.1, -0.05) is 11.6 Å². The Balaban J connectivity index is 3.24. The van der Waals surface area contributed by atoms with E-state index in [0.29, 0.717) is 5.56 Å². The van der Waals surface area contributed by atoms with Crippen LogP contribution in [0, 0.1) is 5.82 Å². The molecule has 1 rings (SSSR count). The maximum atomic E-state index is 13.0. The molecule has 0 aromatic heterocycles. The van der Waals surface area contributed by atoms with Gasteiger partial charge in [-0.25, -0.2) is 0 Å². The van der Waals surface area contributed by atoms with Gasteiger partial charge >= 0.3 is 0 Å². The number of aromatic hydroxyl groups is 2. The van der Waals surface area contributed by atoms with Crippen molar-refractivity contribution >= 4 is 11.6 Å². The van der Waals surface area contributed by atoms with Crippen molar-refractivity contribution in [3.05, 3.63) is 22.5 Å². The first-order valence-corrected chi connectivity index (χ1v) is 3.99. The predicted molar refractivity (Wildman–Crippen MR) is 47.5 cm³/mol. The minimum Gasteiger partial charge on any atom is -0.504 e. The van der Waals surface area contributed by atoms with Crippen LogP contribution >= 0.6 is 11.6 Å². The first-order valence-electron chi connectivity index (χ1n) is 3.61. The summed E-state index contributed by atoms with van der Waals surface area (Å²) in [5.74, 6) is -2.38. The lowest BCUT2D eigenvalue weighted by molar-refractivity contribution is 0.384. The maximum absolute atomic E-state index is 13.0. The van der Waals surface area contributed by atoms with E-state index in [-0.39, 0.29) is 11.6 Å². The molecule has 0 amide bonds. The summed E-state index contributed by atoms with van der Waals surface area (Å²) in [6.07, 6.45) is 0. The van der Waals surface area contributed by atoms with E-state index in [1.807, 2.05) is 0 Å². The molecule has 3 N–H and O–H groups in total. The lowest BCUT2D eigenvalue weighted by Crippen LogP contribution is -2.05. The first kappa shape index (κ1) is 10.1. The van der Waals surface area contributed by atoms with Crippen LogP contribution in [-0.4, -0.2) is 17.3 Å². The molecular formula is C8H9ClFNO2. The van der Waals surface area contributed by atoms with Crippen molar-refractivity contribution in [1.29, 1.82) is 0 Å². The Morgan fingerprint density at radius 1 is 1.46 bits per heavy atom. The quantitative estimate of drug-likeness (QED) is 0.688. The van der Waals surface area contributed by atoms with Gasteiger partial charge in [0.2, 0.25) is 5.82 Å².